The van der Waals surface area contributed by atoms with Crippen molar-refractivity contribution in [2.24, 2.45) is 7.05 Å². The third-order valence-electron chi connectivity index (χ3n) is 5.91. The lowest BCUT2D eigenvalue weighted by Gasteiger charge is -2.10. The second kappa shape index (κ2) is 9.13. The number of nitrogens with zero attached hydrogens (tertiary/aromatic N) is 4. The predicted octanol–water partition coefficient (Wildman–Crippen LogP) is 5.50. The first-order valence-electron chi connectivity index (χ1n) is 11.2. The summed E-state index contributed by atoms with van der Waals surface area (Å²) in [6.07, 6.45) is 0. The number of ether oxygens (including phenoxy) is 3. The van der Waals surface area contributed by atoms with E-state index in [2.05, 4.69) is 22.2 Å². The molecule has 0 bridgehead atoms. The van der Waals surface area contributed by atoms with Crippen LogP contribution in [0.3, 0.4) is 0 Å². The summed E-state index contributed by atoms with van der Waals surface area (Å²) < 4.78 is 24.8. The van der Waals surface area contributed by atoms with Crippen molar-refractivity contribution in [3.8, 4) is 40.0 Å². The van der Waals surface area contributed by atoms with Gasteiger partial charge in [-0.05, 0) is 37.1 Å². The molecule has 0 radical (unpaired) electrons. The maximum Gasteiger partial charge on any atom is 0.230 e. The summed E-state index contributed by atoms with van der Waals surface area (Å²) in [5.41, 5.74) is 5.16. The van der Waals surface area contributed by atoms with Crippen LogP contribution in [0.2, 0.25) is 0 Å². The minimum Gasteiger partial charge on any atom is -0.493 e. The summed E-state index contributed by atoms with van der Waals surface area (Å²) >= 11 is 0. The van der Waals surface area contributed by atoms with Gasteiger partial charge in [-0.15, -0.1) is 0 Å². The van der Waals surface area contributed by atoms with Crippen LogP contribution in [0.1, 0.15) is 17.1 Å². The van der Waals surface area contributed by atoms with E-state index in [9.17, 15) is 0 Å². The molecule has 0 saturated carbocycles. The Labute approximate surface area is 203 Å². The van der Waals surface area contributed by atoms with Gasteiger partial charge in [-0.25, -0.2) is 4.98 Å². The number of fused-ring (bicyclic) bond motifs is 1. The number of benzene rings is 2. The van der Waals surface area contributed by atoms with Gasteiger partial charge in [0.1, 0.15) is 18.1 Å². The van der Waals surface area contributed by atoms with Gasteiger partial charge in [-0.3, -0.25) is 4.68 Å². The lowest BCUT2D eigenvalue weighted by atomic mass is 10.0. The second-order valence-electron chi connectivity index (χ2n) is 8.13. The van der Waals surface area contributed by atoms with Crippen molar-refractivity contribution in [1.82, 2.24) is 19.7 Å². The topological polar surface area (TPSA) is 84.4 Å². The normalized spacial score (nSPS) is 11.1. The molecule has 5 rings (SSSR count). The third kappa shape index (κ3) is 4.07. The van der Waals surface area contributed by atoms with Crippen LogP contribution in [0.4, 0.5) is 0 Å². The fourth-order valence-corrected chi connectivity index (χ4v) is 4.22. The number of para-hydroxylation sites is 1. The molecule has 178 valence electrons. The average Bonchev–Trinajstić information content (AvgIpc) is 3.40. The number of hydrogen-bond acceptors (Lipinski definition) is 7. The average molecular weight is 471 g/mol. The summed E-state index contributed by atoms with van der Waals surface area (Å²) in [4.78, 5) is 9.40. The Morgan fingerprint density at radius 3 is 2.46 bits per heavy atom. The standard InChI is InChI=1S/C27H26N4O4/c1-16-24-20(18-10-7-6-8-11-18)14-23(29-26(24)31(3)30-16)34-15-21-17(2)35-27(28-21)19-12-9-13-22(32-4)25(19)33-5/h6-14H,15H2,1-5H3. The van der Waals surface area contributed by atoms with Crippen molar-refractivity contribution in [1.29, 1.82) is 0 Å². The Morgan fingerprint density at radius 1 is 0.914 bits per heavy atom. The Balaban J connectivity index is 1.48. The van der Waals surface area contributed by atoms with E-state index in [4.69, 9.17) is 23.6 Å². The zero-order valence-corrected chi connectivity index (χ0v) is 20.3. The molecule has 0 atom stereocenters. The molecule has 3 aromatic heterocycles. The largest absolute Gasteiger partial charge is 0.493 e. The zero-order chi connectivity index (χ0) is 24.5. The molecule has 0 N–H and O–H groups in total. The van der Waals surface area contributed by atoms with Crippen LogP contribution in [0.25, 0.3) is 33.6 Å². The van der Waals surface area contributed by atoms with Crippen molar-refractivity contribution in [3.05, 3.63) is 71.7 Å². The minimum absolute atomic E-state index is 0.200. The fourth-order valence-electron chi connectivity index (χ4n) is 4.22. The van der Waals surface area contributed by atoms with Crippen molar-refractivity contribution >= 4 is 11.0 Å². The van der Waals surface area contributed by atoms with Gasteiger partial charge in [0.2, 0.25) is 11.8 Å². The molecule has 2 aromatic carbocycles. The van der Waals surface area contributed by atoms with E-state index in [0.717, 1.165) is 27.9 Å². The number of hydrogen-bond donors (Lipinski definition) is 0. The molecule has 3 heterocycles. The Hall–Kier alpha value is -4.33. The highest BCUT2D eigenvalue weighted by Gasteiger charge is 2.20. The number of methoxy groups -OCH3 is 2. The molecule has 0 spiro atoms. The van der Waals surface area contributed by atoms with Crippen LogP contribution in [0, 0.1) is 13.8 Å². The maximum atomic E-state index is 6.13. The SMILES string of the molecule is COc1cccc(-c2nc(COc3cc(-c4ccccc4)c4c(C)nn(C)c4n3)c(C)o2)c1OC. The molecule has 8 heteroatoms. The quantitative estimate of drug-likeness (QED) is 0.310. The monoisotopic (exact) mass is 470 g/mol. The highest BCUT2D eigenvalue weighted by atomic mass is 16.5. The molecular weight excluding hydrogens is 444 g/mol. The molecule has 0 aliphatic heterocycles. The number of pyridine rings is 1. The van der Waals surface area contributed by atoms with Crippen LogP contribution < -0.4 is 14.2 Å². The van der Waals surface area contributed by atoms with Crippen molar-refractivity contribution < 1.29 is 18.6 Å². The minimum atomic E-state index is 0.200. The molecule has 8 nitrogen and oxygen atoms in total. The summed E-state index contributed by atoms with van der Waals surface area (Å²) in [5.74, 6) is 2.76. The van der Waals surface area contributed by atoms with E-state index < -0.39 is 0 Å². The van der Waals surface area contributed by atoms with Crippen LogP contribution in [-0.2, 0) is 13.7 Å². The number of aryl methyl sites for hydroxylation is 3. The van der Waals surface area contributed by atoms with Crippen molar-refractivity contribution in [2.45, 2.75) is 20.5 Å². The van der Waals surface area contributed by atoms with Gasteiger partial charge in [0.15, 0.2) is 17.1 Å². The first kappa shape index (κ1) is 22.5. The predicted molar refractivity (Wildman–Crippen MR) is 133 cm³/mol. The highest BCUT2D eigenvalue weighted by Crippen LogP contribution is 2.38. The number of aromatic nitrogens is 4. The number of oxazole rings is 1. The summed E-state index contributed by atoms with van der Waals surface area (Å²) in [5, 5.41) is 5.58. The van der Waals surface area contributed by atoms with Crippen LogP contribution in [0.5, 0.6) is 17.4 Å². The van der Waals surface area contributed by atoms with Crippen LogP contribution in [-0.4, -0.2) is 34.0 Å². The van der Waals surface area contributed by atoms with Gasteiger partial charge in [0.05, 0.1) is 30.9 Å². The third-order valence-corrected chi connectivity index (χ3v) is 5.91. The van der Waals surface area contributed by atoms with E-state index in [0.29, 0.717) is 40.3 Å². The summed E-state index contributed by atoms with van der Waals surface area (Å²) in [7, 11) is 5.07. The Kier molecular flexibility index (Phi) is 5.86. The molecule has 0 fully saturated rings. The van der Waals surface area contributed by atoms with Crippen molar-refractivity contribution in [3.63, 3.8) is 0 Å². The van der Waals surface area contributed by atoms with E-state index in [1.54, 1.807) is 18.9 Å². The van der Waals surface area contributed by atoms with E-state index >= 15 is 0 Å². The van der Waals surface area contributed by atoms with E-state index in [-0.39, 0.29) is 6.61 Å². The Bertz CT molecular complexity index is 1510. The molecular formula is C27H26N4O4. The van der Waals surface area contributed by atoms with Gasteiger partial charge < -0.3 is 18.6 Å². The van der Waals surface area contributed by atoms with Gasteiger partial charge in [0, 0.05) is 13.1 Å². The molecule has 0 aliphatic carbocycles. The van der Waals surface area contributed by atoms with Crippen molar-refractivity contribution in [2.75, 3.05) is 14.2 Å². The van der Waals surface area contributed by atoms with Gasteiger partial charge in [0.25, 0.3) is 0 Å². The number of rotatable bonds is 7. The first-order chi connectivity index (χ1) is 17.0. The summed E-state index contributed by atoms with van der Waals surface area (Å²) in [6, 6.07) is 17.7. The molecule has 35 heavy (non-hydrogen) atoms. The van der Waals surface area contributed by atoms with Gasteiger partial charge >= 0.3 is 0 Å². The van der Waals surface area contributed by atoms with E-state index in [1.807, 2.05) is 63.4 Å². The molecule has 0 unspecified atom stereocenters. The molecule has 0 saturated heterocycles. The summed E-state index contributed by atoms with van der Waals surface area (Å²) in [6.45, 7) is 4.05. The van der Waals surface area contributed by atoms with Gasteiger partial charge in [-0.1, -0.05) is 36.4 Å². The highest BCUT2D eigenvalue weighted by molar-refractivity contribution is 5.95. The fraction of sp³-hybridized carbons (Fsp3) is 0.222. The smallest absolute Gasteiger partial charge is 0.230 e. The molecule has 0 amide bonds. The maximum absolute atomic E-state index is 6.13. The lowest BCUT2D eigenvalue weighted by molar-refractivity contribution is 0.288. The lowest BCUT2D eigenvalue weighted by Crippen LogP contribution is -2.01. The van der Waals surface area contributed by atoms with E-state index in [1.165, 1.54) is 0 Å². The second-order valence-corrected chi connectivity index (χ2v) is 8.13. The van der Waals surface area contributed by atoms with Gasteiger partial charge in [-0.2, -0.15) is 10.1 Å². The first-order valence-corrected chi connectivity index (χ1v) is 11.2. The molecule has 5 aromatic rings. The molecule has 0 aliphatic rings. The zero-order valence-electron chi connectivity index (χ0n) is 20.3. The Morgan fingerprint density at radius 2 is 1.71 bits per heavy atom. The van der Waals surface area contributed by atoms with Crippen LogP contribution in [0.15, 0.2) is 59.0 Å². The van der Waals surface area contributed by atoms with Crippen LogP contribution >= 0.6 is 0 Å².